The number of rotatable bonds is 7. The first-order valence-electron chi connectivity index (χ1n) is 7.68. The van der Waals surface area contributed by atoms with Crippen LogP contribution in [0.2, 0.25) is 0 Å². The normalized spacial score (nSPS) is 17.6. The molecule has 23 heavy (non-hydrogen) atoms. The third-order valence-electron chi connectivity index (χ3n) is 4.12. The Morgan fingerprint density at radius 2 is 1.83 bits per heavy atom. The number of nitrogens with two attached hydrogens (primary N) is 1. The molecule has 0 aliphatic heterocycles. The van der Waals surface area contributed by atoms with Gasteiger partial charge < -0.3 is 11.1 Å². The average Bonchev–Trinajstić information content (AvgIpc) is 2.97. The number of carbonyl (C=O) groups excluding carboxylic acids is 2. The Morgan fingerprint density at radius 3 is 2.39 bits per heavy atom. The van der Waals surface area contributed by atoms with Crippen molar-refractivity contribution in [3.8, 4) is 0 Å². The lowest BCUT2D eigenvalue weighted by molar-refractivity contribution is -0.131. The molecule has 1 aromatic rings. The summed E-state index contributed by atoms with van der Waals surface area (Å²) < 4.78 is 13.1. The van der Waals surface area contributed by atoms with Gasteiger partial charge in [0.25, 0.3) is 0 Å². The Hall–Kier alpha value is -1.21. The van der Waals surface area contributed by atoms with Crippen LogP contribution in [0.4, 0.5) is 0 Å². The molecule has 0 aromatic heterocycles. The lowest BCUT2D eigenvalue weighted by Gasteiger charge is -2.26. The molecule has 0 bridgehead atoms. The SMILES string of the molecule is NC(=O)C1(NC(=O)CCCS(=O)c2ccc(Br)cc2)CCCC1. The number of hydrogen-bond acceptors (Lipinski definition) is 3. The van der Waals surface area contributed by atoms with E-state index in [0.717, 1.165) is 22.2 Å². The summed E-state index contributed by atoms with van der Waals surface area (Å²) in [6.07, 6.45) is 3.77. The van der Waals surface area contributed by atoms with Crippen molar-refractivity contribution >= 4 is 38.5 Å². The highest BCUT2D eigenvalue weighted by molar-refractivity contribution is 9.10. The molecule has 1 aliphatic rings. The quantitative estimate of drug-likeness (QED) is 0.735. The van der Waals surface area contributed by atoms with Gasteiger partial charge in [-0.2, -0.15) is 0 Å². The summed E-state index contributed by atoms with van der Waals surface area (Å²) in [5, 5.41) is 2.79. The van der Waals surface area contributed by atoms with Crippen molar-refractivity contribution in [2.45, 2.75) is 49.0 Å². The molecule has 0 heterocycles. The topological polar surface area (TPSA) is 89.3 Å². The summed E-state index contributed by atoms with van der Waals surface area (Å²) >= 11 is 3.33. The number of carbonyl (C=O) groups is 2. The van der Waals surface area contributed by atoms with Crippen LogP contribution in [0.5, 0.6) is 0 Å². The Morgan fingerprint density at radius 1 is 1.22 bits per heavy atom. The number of nitrogens with one attached hydrogen (secondary N) is 1. The minimum Gasteiger partial charge on any atom is -0.368 e. The number of hydrogen-bond donors (Lipinski definition) is 2. The molecule has 1 saturated carbocycles. The molecule has 1 unspecified atom stereocenters. The first-order valence-corrected chi connectivity index (χ1v) is 9.79. The number of amides is 2. The molecule has 2 rings (SSSR count). The Kier molecular flexibility index (Phi) is 6.35. The van der Waals surface area contributed by atoms with E-state index in [2.05, 4.69) is 21.2 Å². The van der Waals surface area contributed by atoms with Gasteiger partial charge in [-0.1, -0.05) is 28.8 Å². The second-order valence-corrected chi connectivity index (χ2v) is 8.30. The van der Waals surface area contributed by atoms with Crippen LogP contribution in [-0.4, -0.2) is 27.3 Å². The summed E-state index contributed by atoms with van der Waals surface area (Å²) in [4.78, 5) is 24.4. The summed E-state index contributed by atoms with van der Waals surface area (Å²) in [5.74, 6) is -0.237. The minimum absolute atomic E-state index is 0.196. The maximum Gasteiger partial charge on any atom is 0.243 e. The number of halogens is 1. The highest BCUT2D eigenvalue weighted by atomic mass is 79.9. The van der Waals surface area contributed by atoms with E-state index in [1.807, 2.05) is 12.1 Å². The molecule has 2 amide bonds. The molecular formula is C16H21BrN2O3S. The standard InChI is InChI=1S/C16H21BrN2O3S/c17-12-5-7-13(8-6-12)23(22)11-3-4-14(20)19-16(15(18)21)9-1-2-10-16/h5-8H,1-4,9-11H2,(H2,18,21)(H,19,20). The van der Waals surface area contributed by atoms with Gasteiger partial charge >= 0.3 is 0 Å². The van der Waals surface area contributed by atoms with Gasteiger partial charge in [0.1, 0.15) is 5.54 Å². The third kappa shape index (κ3) is 4.88. The van der Waals surface area contributed by atoms with Crippen molar-refractivity contribution in [2.24, 2.45) is 5.73 Å². The van der Waals surface area contributed by atoms with Crippen LogP contribution in [0.1, 0.15) is 38.5 Å². The van der Waals surface area contributed by atoms with Gasteiger partial charge in [-0.05, 0) is 43.5 Å². The predicted molar refractivity (Wildman–Crippen MR) is 93.2 cm³/mol. The summed E-state index contributed by atoms with van der Waals surface area (Å²) in [6.45, 7) is 0. The molecule has 126 valence electrons. The molecule has 0 spiro atoms. The molecule has 0 saturated heterocycles. The van der Waals surface area contributed by atoms with Crippen molar-refractivity contribution in [1.82, 2.24) is 5.32 Å². The number of primary amides is 1. The molecule has 5 nitrogen and oxygen atoms in total. The van der Waals surface area contributed by atoms with E-state index in [4.69, 9.17) is 5.73 Å². The molecular weight excluding hydrogens is 380 g/mol. The summed E-state index contributed by atoms with van der Waals surface area (Å²) in [7, 11) is -1.12. The highest BCUT2D eigenvalue weighted by Gasteiger charge is 2.40. The smallest absolute Gasteiger partial charge is 0.243 e. The van der Waals surface area contributed by atoms with Crippen molar-refractivity contribution in [3.63, 3.8) is 0 Å². The second kappa shape index (κ2) is 8.06. The van der Waals surface area contributed by atoms with E-state index in [0.29, 0.717) is 25.0 Å². The maximum atomic E-state index is 12.1. The summed E-state index contributed by atoms with van der Waals surface area (Å²) in [6, 6.07) is 7.30. The fraction of sp³-hybridized carbons (Fsp3) is 0.500. The zero-order chi connectivity index (χ0) is 16.9. The van der Waals surface area contributed by atoms with Crippen molar-refractivity contribution in [3.05, 3.63) is 28.7 Å². The van der Waals surface area contributed by atoms with Crippen LogP contribution in [0.15, 0.2) is 33.6 Å². The van der Waals surface area contributed by atoms with Crippen LogP contribution in [0.3, 0.4) is 0 Å². The molecule has 3 N–H and O–H groups in total. The van der Waals surface area contributed by atoms with Crippen molar-refractivity contribution in [2.75, 3.05) is 5.75 Å². The third-order valence-corrected chi connectivity index (χ3v) is 6.10. The van der Waals surface area contributed by atoms with Crippen molar-refractivity contribution in [1.29, 1.82) is 0 Å². The first-order chi connectivity index (χ1) is 10.9. The second-order valence-electron chi connectivity index (χ2n) is 5.81. The van der Waals surface area contributed by atoms with Gasteiger partial charge in [-0.25, -0.2) is 0 Å². The van der Waals surface area contributed by atoms with E-state index in [1.165, 1.54) is 0 Å². The van der Waals surface area contributed by atoms with E-state index in [1.54, 1.807) is 12.1 Å². The Labute approximate surface area is 147 Å². The van der Waals surface area contributed by atoms with Crippen LogP contribution in [-0.2, 0) is 20.4 Å². The van der Waals surface area contributed by atoms with Crippen LogP contribution < -0.4 is 11.1 Å². The van der Waals surface area contributed by atoms with E-state index < -0.39 is 22.2 Å². The van der Waals surface area contributed by atoms with Gasteiger partial charge in [0.2, 0.25) is 11.8 Å². The zero-order valence-electron chi connectivity index (χ0n) is 12.8. The average molecular weight is 401 g/mol. The van der Waals surface area contributed by atoms with Crippen LogP contribution in [0, 0.1) is 0 Å². The van der Waals surface area contributed by atoms with Gasteiger partial charge in [0, 0.05) is 21.5 Å². The zero-order valence-corrected chi connectivity index (χ0v) is 15.2. The molecule has 7 heteroatoms. The van der Waals surface area contributed by atoms with Gasteiger partial charge in [0.15, 0.2) is 0 Å². The van der Waals surface area contributed by atoms with Crippen LogP contribution in [0.25, 0.3) is 0 Å². The highest BCUT2D eigenvalue weighted by Crippen LogP contribution is 2.29. The van der Waals surface area contributed by atoms with E-state index >= 15 is 0 Å². The number of benzene rings is 1. The van der Waals surface area contributed by atoms with Gasteiger partial charge in [-0.3, -0.25) is 13.8 Å². The Bertz CT molecular complexity index is 598. The van der Waals surface area contributed by atoms with Gasteiger partial charge in [0.05, 0.1) is 10.8 Å². The van der Waals surface area contributed by atoms with Gasteiger partial charge in [-0.15, -0.1) is 0 Å². The molecule has 0 radical (unpaired) electrons. The summed E-state index contributed by atoms with van der Waals surface area (Å²) in [5.41, 5.74) is 4.57. The lowest BCUT2D eigenvalue weighted by atomic mass is 9.96. The predicted octanol–water partition coefficient (Wildman–Crippen LogP) is 2.25. The fourth-order valence-corrected chi connectivity index (χ4v) is 4.16. The monoisotopic (exact) mass is 400 g/mol. The minimum atomic E-state index is -1.12. The van der Waals surface area contributed by atoms with Crippen molar-refractivity contribution < 1.29 is 13.8 Å². The van der Waals surface area contributed by atoms with E-state index in [-0.39, 0.29) is 12.3 Å². The molecule has 1 atom stereocenters. The molecule has 1 aromatic carbocycles. The first kappa shape index (κ1) is 18.1. The fourth-order valence-electron chi connectivity index (χ4n) is 2.81. The molecule has 1 aliphatic carbocycles. The maximum absolute atomic E-state index is 12.1. The van der Waals surface area contributed by atoms with E-state index in [9.17, 15) is 13.8 Å². The largest absolute Gasteiger partial charge is 0.368 e. The lowest BCUT2D eigenvalue weighted by Crippen LogP contribution is -2.55. The Balaban J connectivity index is 1.79. The molecule has 1 fully saturated rings. The van der Waals surface area contributed by atoms with Crippen LogP contribution >= 0.6 is 15.9 Å².